The summed E-state index contributed by atoms with van der Waals surface area (Å²) < 4.78 is 4.34. The van der Waals surface area contributed by atoms with Crippen LogP contribution in [0.5, 0.6) is 0 Å². The van der Waals surface area contributed by atoms with E-state index in [4.69, 9.17) is 5.73 Å². The number of thioether (sulfide) groups is 1. The third-order valence-corrected chi connectivity index (χ3v) is 5.94. The van der Waals surface area contributed by atoms with Crippen molar-refractivity contribution in [3.8, 4) is 11.3 Å². The molecule has 2 N–H and O–H groups in total. The molecule has 1 saturated heterocycles. The van der Waals surface area contributed by atoms with E-state index < -0.39 is 0 Å². The first-order valence-corrected chi connectivity index (χ1v) is 8.89. The molecule has 1 unspecified atom stereocenters. The summed E-state index contributed by atoms with van der Waals surface area (Å²) in [6.45, 7) is 6.41. The summed E-state index contributed by atoms with van der Waals surface area (Å²) in [6, 6.07) is 0. The molecule has 0 spiro atoms. The molecule has 19 heavy (non-hydrogen) atoms. The summed E-state index contributed by atoms with van der Waals surface area (Å²) >= 11 is 5.18. The van der Waals surface area contributed by atoms with Crippen molar-refractivity contribution in [2.24, 2.45) is 0 Å². The van der Waals surface area contributed by atoms with Crippen LogP contribution in [0.15, 0.2) is 5.38 Å². The van der Waals surface area contributed by atoms with Crippen LogP contribution in [0.2, 0.25) is 0 Å². The summed E-state index contributed by atoms with van der Waals surface area (Å²) in [5.74, 6) is 1.77. The van der Waals surface area contributed by atoms with Crippen LogP contribution in [0.25, 0.3) is 11.3 Å². The second-order valence-electron chi connectivity index (χ2n) is 4.63. The number of aromatic nitrogens is 2. The molecular weight excluding hydrogens is 296 g/mol. The molecule has 3 heterocycles. The lowest BCUT2D eigenvalue weighted by Gasteiger charge is -2.31. The molecule has 2 aromatic rings. The van der Waals surface area contributed by atoms with Crippen molar-refractivity contribution in [2.45, 2.75) is 19.1 Å². The molecule has 1 aliphatic rings. The lowest BCUT2D eigenvalue weighted by Crippen LogP contribution is -2.36. The van der Waals surface area contributed by atoms with E-state index in [1.807, 2.05) is 18.7 Å². The number of nitrogens with zero attached hydrogens (tertiary/aromatic N) is 3. The van der Waals surface area contributed by atoms with Crippen LogP contribution in [-0.2, 0) is 0 Å². The van der Waals surface area contributed by atoms with Crippen LogP contribution in [0.4, 0.5) is 10.8 Å². The van der Waals surface area contributed by atoms with E-state index in [2.05, 4.69) is 26.6 Å². The first-order valence-electron chi connectivity index (χ1n) is 6.19. The Balaban J connectivity index is 1.98. The Morgan fingerprint density at radius 1 is 1.47 bits per heavy atom. The molecule has 1 atom stereocenters. The minimum atomic E-state index is 0.608. The Kier molecular flexibility index (Phi) is 3.68. The predicted octanol–water partition coefficient (Wildman–Crippen LogP) is 3.10. The van der Waals surface area contributed by atoms with Crippen LogP contribution < -0.4 is 10.6 Å². The molecule has 3 rings (SSSR count). The Morgan fingerprint density at radius 3 is 3.00 bits per heavy atom. The number of nitrogens with two attached hydrogens (primary N) is 1. The summed E-state index contributed by atoms with van der Waals surface area (Å²) in [5, 5.41) is 4.97. The molecule has 102 valence electrons. The maximum Gasteiger partial charge on any atom is 0.148 e. The lowest BCUT2D eigenvalue weighted by molar-refractivity contribution is 0.790. The van der Waals surface area contributed by atoms with Crippen LogP contribution in [0.1, 0.15) is 11.9 Å². The minimum Gasteiger partial charge on any atom is -0.382 e. The number of aryl methyl sites for hydroxylation is 1. The highest BCUT2D eigenvalue weighted by Gasteiger charge is 2.24. The third-order valence-electron chi connectivity index (χ3n) is 3.10. The van der Waals surface area contributed by atoms with Crippen LogP contribution in [0, 0.1) is 6.92 Å². The summed E-state index contributed by atoms with van der Waals surface area (Å²) in [4.78, 5) is 6.96. The average molecular weight is 312 g/mol. The van der Waals surface area contributed by atoms with E-state index in [1.54, 1.807) is 11.3 Å². The number of rotatable bonds is 2. The number of thiazole rings is 1. The molecule has 0 amide bonds. The Morgan fingerprint density at radius 2 is 2.32 bits per heavy atom. The highest BCUT2D eigenvalue weighted by molar-refractivity contribution is 8.00. The van der Waals surface area contributed by atoms with Gasteiger partial charge in [-0.2, -0.15) is 16.1 Å². The molecule has 2 aromatic heterocycles. The fourth-order valence-electron chi connectivity index (χ4n) is 2.23. The van der Waals surface area contributed by atoms with Gasteiger partial charge in [-0.05, 0) is 18.5 Å². The molecule has 1 aliphatic heterocycles. The topological polar surface area (TPSA) is 55.0 Å². The predicted molar refractivity (Wildman–Crippen MR) is 86.5 cm³/mol. The number of hydrogen-bond donors (Lipinski definition) is 1. The minimum absolute atomic E-state index is 0.608. The Bertz CT molecular complexity index is 577. The summed E-state index contributed by atoms with van der Waals surface area (Å²) in [5.41, 5.74) is 8.05. The molecule has 1 fully saturated rings. The molecular formula is C12H16N4S3. The van der Waals surface area contributed by atoms with E-state index in [-0.39, 0.29) is 0 Å². The van der Waals surface area contributed by atoms with E-state index in [0.29, 0.717) is 11.1 Å². The molecule has 0 radical (unpaired) electrons. The second kappa shape index (κ2) is 5.30. The molecule has 0 bridgehead atoms. The quantitative estimate of drug-likeness (QED) is 0.923. The van der Waals surface area contributed by atoms with Gasteiger partial charge in [-0.25, -0.2) is 4.98 Å². The number of anilines is 2. The smallest absolute Gasteiger partial charge is 0.148 e. The normalized spacial score (nSPS) is 19.9. The zero-order chi connectivity index (χ0) is 13.4. The van der Waals surface area contributed by atoms with Crippen molar-refractivity contribution >= 4 is 45.5 Å². The van der Waals surface area contributed by atoms with Crippen LogP contribution in [-0.4, -0.2) is 33.4 Å². The zero-order valence-electron chi connectivity index (χ0n) is 10.9. The van der Waals surface area contributed by atoms with Crippen LogP contribution >= 0.6 is 34.6 Å². The van der Waals surface area contributed by atoms with Crippen molar-refractivity contribution in [3.63, 3.8) is 0 Å². The maximum absolute atomic E-state index is 6.06. The second-order valence-corrected chi connectivity index (χ2v) is 7.99. The largest absolute Gasteiger partial charge is 0.382 e. The zero-order valence-corrected chi connectivity index (χ0v) is 13.4. The van der Waals surface area contributed by atoms with Gasteiger partial charge in [-0.1, -0.05) is 6.92 Å². The lowest BCUT2D eigenvalue weighted by atomic mass is 10.2. The number of nitrogen functional groups attached to an aromatic ring is 1. The molecule has 0 aliphatic carbocycles. The van der Waals surface area contributed by atoms with Gasteiger partial charge >= 0.3 is 0 Å². The van der Waals surface area contributed by atoms with Crippen molar-refractivity contribution < 1.29 is 0 Å². The van der Waals surface area contributed by atoms with Gasteiger partial charge < -0.3 is 10.6 Å². The van der Waals surface area contributed by atoms with Crippen molar-refractivity contribution in [1.82, 2.24) is 9.36 Å². The highest BCUT2D eigenvalue weighted by atomic mass is 32.2. The van der Waals surface area contributed by atoms with Gasteiger partial charge in [0.15, 0.2) is 0 Å². The molecule has 4 nitrogen and oxygen atoms in total. The van der Waals surface area contributed by atoms with Gasteiger partial charge in [0, 0.05) is 29.5 Å². The van der Waals surface area contributed by atoms with Crippen molar-refractivity contribution in [1.29, 1.82) is 0 Å². The number of hydrogen-bond acceptors (Lipinski definition) is 7. The van der Waals surface area contributed by atoms with Crippen molar-refractivity contribution in [2.75, 3.05) is 29.5 Å². The standard InChI is InChI=1S/C12H16N4S3/c1-7-5-16(3-4-17-7)12-10(11(13)15-19-12)9-6-18-8(2)14-9/h6-7H,3-5H2,1-2H3,(H2,13,15). The van der Waals surface area contributed by atoms with Gasteiger partial charge in [0.1, 0.15) is 10.8 Å². The Labute approximate surface area is 125 Å². The summed E-state index contributed by atoms with van der Waals surface area (Å²) in [7, 11) is 0. The Hall–Kier alpha value is -0.790. The van der Waals surface area contributed by atoms with E-state index >= 15 is 0 Å². The van der Waals surface area contributed by atoms with Gasteiger partial charge in [-0.15, -0.1) is 11.3 Å². The van der Waals surface area contributed by atoms with Gasteiger partial charge in [0.2, 0.25) is 0 Å². The average Bonchev–Trinajstić information content (AvgIpc) is 2.95. The molecule has 7 heteroatoms. The molecule has 0 aromatic carbocycles. The highest BCUT2D eigenvalue weighted by Crippen LogP contribution is 2.40. The van der Waals surface area contributed by atoms with Crippen molar-refractivity contribution in [3.05, 3.63) is 10.4 Å². The fraction of sp³-hybridized carbons (Fsp3) is 0.500. The SMILES string of the molecule is Cc1nc(-c2c(N)nsc2N2CCSC(C)C2)cs1. The fourth-order valence-corrected chi connectivity index (χ4v) is 4.71. The molecule has 0 saturated carbocycles. The first-order chi connectivity index (χ1) is 9.15. The maximum atomic E-state index is 6.06. The van der Waals surface area contributed by atoms with E-state index in [9.17, 15) is 0 Å². The van der Waals surface area contributed by atoms with Gasteiger partial charge in [0.05, 0.1) is 16.3 Å². The van der Waals surface area contributed by atoms with E-state index in [1.165, 1.54) is 16.5 Å². The summed E-state index contributed by atoms with van der Waals surface area (Å²) in [6.07, 6.45) is 0. The monoisotopic (exact) mass is 312 g/mol. The van der Waals surface area contributed by atoms with E-state index in [0.717, 1.165) is 35.1 Å². The van der Waals surface area contributed by atoms with Gasteiger partial charge in [-0.3, -0.25) is 0 Å². The first kappa shape index (κ1) is 13.2. The van der Waals surface area contributed by atoms with Gasteiger partial charge in [0.25, 0.3) is 0 Å². The van der Waals surface area contributed by atoms with Crippen LogP contribution in [0.3, 0.4) is 0 Å². The third kappa shape index (κ3) is 2.59.